The summed E-state index contributed by atoms with van der Waals surface area (Å²) in [5, 5.41) is 7.78. The molecule has 0 radical (unpaired) electrons. The molecule has 1 saturated heterocycles. The number of aromatic nitrogens is 1. The minimum atomic E-state index is -4.32. The van der Waals surface area contributed by atoms with Gasteiger partial charge in [-0.1, -0.05) is 12.0 Å². The molecule has 0 unspecified atom stereocenters. The zero-order chi connectivity index (χ0) is 24.1. The molecule has 0 spiro atoms. The smallest absolute Gasteiger partial charge is 0.382 e. The van der Waals surface area contributed by atoms with Gasteiger partial charge in [0.1, 0.15) is 6.54 Å². The number of hydrogen-bond donors (Lipinski definition) is 2. The lowest BCUT2D eigenvalue weighted by Gasteiger charge is -2.33. The zero-order valence-corrected chi connectivity index (χ0v) is 20.0. The normalized spacial score (nSPS) is 22.1. The Morgan fingerprint density at radius 3 is 2.47 bits per heavy atom. The highest BCUT2D eigenvalue weighted by atomic mass is 19.4. The highest BCUT2D eigenvalue weighted by molar-refractivity contribution is 5.94. The third-order valence-corrected chi connectivity index (χ3v) is 6.99. The van der Waals surface area contributed by atoms with Gasteiger partial charge in [-0.3, -0.25) is 0 Å². The fourth-order valence-electron chi connectivity index (χ4n) is 5.05. The first-order chi connectivity index (χ1) is 16.3. The molecule has 1 aromatic heterocycles. The lowest BCUT2D eigenvalue weighted by molar-refractivity contribution is -0.140. The predicted octanol–water partition coefficient (Wildman–Crippen LogP) is 4.61. The van der Waals surface area contributed by atoms with Crippen LogP contribution in [0.1, 0.15) is 44.2 Å². The number of anilines is 1. The number of halogens is 3. The first kappa shape index (κ1) is 24.9. The lowest BCUT2D eigenvalue weighted by Crippen LogP contribution is -2.36. The molecule has 186 valence electrons. The molecule has 1 saturated carbocycles. The largest absolute Gasteiger partial charge is 0.406 e. The minimum absolute atomic E-state index is 0.325. The van der Waals surface area contributed by atoms with Crippen molar-refractivity contribution in [3.63, 3.8) is 0 Å². The molecule has 2 N–H and O–H groups in total. The van der Waals surface area contributed by atoms with Crippen LogP contribution in [-0.4, -0.2) is 67.6 Å². The van der Waals surface area contributed by atoms with Crippen LogP contribution in [0.2, 0.25) is 0 Å². The lowest BCUT2D eigenvalue weighted by atomic mass is 9.90. The van der Waals surface area contributed by atoms with Crippen LogP contribution in [0.4, 0.5) is 18.9 Å². The first-order valence-electron chi connectivity index (χ1n) is 12.2. The second-order valence-electron chi connectivity index (χ2n) is 9.65. The second kappa shape index (κ2) is 11.0. The molecule has 2 aromatic rings. The molecule has 1 aliphatic carbocycles. The number of benzene rings is 1. The molecule has 2 fully saturated rings. The predicted molar refractivity (Wildman–Crippen MR) is 130 cm³/mol. The standard InChI is InChI=1S/C26H35F3N4O/c1-32(2)21-10-8-20(9-11-21)31-24-6-3-7-25-23(24)17-22(33(25)18-26(27,28)29)5-4-14-30-19-12-15-34-16-13-19/h3,6-7,17,19-21,30-31H,8-16,18H2,1-2H3. The van der Waals surface area contributed by atoms with Crippen molar-refractivity contribution in [1.29, 1.82) is 0 Å². The van der Waals surface area contributed by atoms with Crippen molar-refractivity contribution in [3.05, 3.63) is 30.0 Å². The van der Waals surface area contributed by atoms with Crippen molar-refractivity contribution in [3.8, 4) is 11.8 Å². The summed E-state index contributed by atoms with van der Waals surface area (Å²) < 4.78 is 46.9. The summed E-state index contributed by atoms with van der Waals surface area (Å²) in [6, 6.07) is 8.61. The summed E-state index contributed by atoms with van der Waals surface area (Å²) in [7, 11) is 4.23. The van der Waals surface area contributed by atoms with E-state index >= 15 is 0 Å². The number of hydrogen-bond acceptors (Lipinski definition) is 4. The van der Waals surface area contributed by atoms with Gasteiger partial charge in [-0.25, -0.2) is 0 Å². The first-order valence-corrected chi connectivity index (χ1v) is 12.2. The summed E-state index contributed by atoms with van der Waals surface area (Å²) in [4.78, 5) is 2.27. The SMILES string of the molecule is CN(C)C1CCC(Nc2cccc3c2cc(C#CCNC2CCOCC2)n3CC(F)(F)F)CC1. The molecule has 2 aliphatic rings. The van der Waals surface area contributed by atoms with E-state index in [1.165, 1.54) is 4.57 Å². The molecular formula is C26H35F3N4O. The van der Waals surface area contributed by atoms with Gasteiger partial charge >= 0.3 is 6.18 Å². The van der Waals surface area contributed by atoms with Crippen molar-refractivity contribution in [1.82, 2.24) is 14.8 Å². The number of nitrogens with one attached hydrogen (secondary N) is 2. The molecule has 0 bridgehead atoms. The molecule has 0 atom stereocenters. The topological polar surface area (TPSA) is 41.5 Å². The maximum absolute atomic E-state index is 13.4. The Labute approximate surface area is 200 Å². The van der Waals surface area contributed by atoms with Gasteiger partial charge in [0.25, 0.3) is 0 Å². The third-order valence-electron chi connectivity index (χ3n) is 6.99. The fourth-order valence-corrected chi connectivity index (χ4v) is 5.05. The molecule has 1 aliphatic heterocycles. The van der Waals surface area contributed by atoms with E-state index in [1.807, 2.05) is 12.1 Å². The van der Waals surface area contributed by atoms with Crippen molar-refractivity contribution >= 4 is 16.6 Å². The number of nitrogens with zero attached hydrogens (tertiary/aromatic N) is 2. The molecule has 1 aromatic carbocycles. The van der Waals surface area contributed by atoms with Gasteiger partial charge < -0.3 is 24.8 Å². The Morgan fingerprint density at radius 1 is 1.06 bits per heavy atom. The van der Waals surface area contributed by atoms with Crippen LogP contribution >= 0.6 is 0 Å². The Morgan fingerprint density at radius 2 is 1.79 bits per heavy atom. The van der Waals surface area contributed by atoms with E-state index in [4.69, 9.17) is 4.74 Å². The highest BCUT2D eigenvalue weighted by Gasteiger charge is 2.30. The monoisotopic (exact) mass is 476 g/mol. The molecule has 4 rings (SSSR count). The van der Waals surface area contributed by atoms with Gasteiger partial charge in [0, 0.05) is 42.4 Å². The summed E-state index contributed by atoms with van der Waals surface area (Å²) in [5.74, 6) is 6.04. The molecule has 2 heterocycles. The van der Waals surface area contributed by atoms with Crippen LogP contribution < -0.4 is 10.6 Å². The average molecular weight is 477 g/mol. The van der Waals surface area contributed by atoms with E-state index in [2.05, 4.69) is 41.5 Å². The third kappa shape index (κ3) is 6.47. The average Bonchev–Trinajstić information content (AvgIpc) is 3.14. The Kier molecular flexibility index (Phi) is 8.07. The summed E-state index contributed by atoms with van der Waals surface area (Å²) in [6.07, 6.45) is 1.87. The van der Waals surface area contributed by atoms with Crippen molar-refractivity contribution < 1.29 is 17.9 Å². The van der Waals surface area contributed by atoms with Crippen LogP contribution in [0, 0.1) is 11.8 Å². The highest BCUT2D eigenvalue weighted by Crippen LogP contribution is 2.32. The van der Waals surface area contributed by atoms with Crippen LogP contribution in [0.3, 0.4) is 0 Å². The molecule has 5 nitrogen and oxygen atoms in total. The maximum atomic E-state index is 13.4. The maximum Gasteiger partial charge on any atom is 0.406 e. The van der Waals surface area contributed by atoms with E-state index in [9.17, 15) is 13.2 Å². The molecule has 8 heteroatoms. The van der Waals surface area contributed by atoms with Gasteiger partial charge in [-0.05, 0) is 76.7 Å². The molecule has 0 amide bonds. The fraction of sp³-hybridized carbons (Fsp3) is 0.615. The summed E-state index contributed by atoms with van der Waals surface area (Å²) >= 11 is 0. The van der Waals surface area contributed by atoms with E-state index in [0.29, 0.717) is 35.9 Å². The van der Waals surface area contributed by atoms with Crippen molar-refractivity contribution in [2.75, 3.05) is 39.2 Å². The summed E-state index contributed by atoms with van der Waals surface area (Å²) in [5.41, 5.74) is 1.84. The van der Waals surface area contributed by atoms with Crippen LogP contribution in [-0.2, 0) is 11.3 Å². The van der Waals surface area contributed by atoms with Gasteiger partial charge in [0.05, 0.1) is 17.8 Å². The van der Waals surface area contributed by atoms with E-state index in [-0.39, 0.29) is 0 Å². The van der Waals surface area contributed by atoms with Gasteiger partial charge in [-0.15, -0.1) is 0 Å². The minimum Gasteiger partial charge on any atom is -0.382 e. The van der Waals surface area contributed by atoms with E-state index < -0.39 is 12.7 Å². The number of rotatable bonds is 6. The van der Waals surface area contributed by atoms with Crippen molar-refractivity contribution in [2.24, 2.45) is 0 Å². The number of alkyl halides is 3. The Balaban J connectivity index is 1.53. The van der Waals surface area contributed by atoms with Crippen LogP contribution in [0.5, 0.6) is 0 Å². The van der Waals surface area contributed by atoms with Crippen molar-refractivity contribution in [2.45, 2.75) is 69.4 Å². The van der Waals surface area contributed by atoms with Gasteiger partial charge in [-0.2, -0.15) is 13.2 Å². The molecule has 34 heavy (non-hydrogen) atoms. The second-order valence-corrected chi connectivity index (χ2v) is 9.65. The van der Waals surface area contributed by atoms with Crippen LogP contribution in [0.15, 0.2) is 24.3 Å². The summed E-state index contributed by atoms with van der Waals surface area (Å²) in [6.45, 7) is 0.860. The Hall–Kier alpha value is -2.21. The number of ether oxygens (including phenoxy) is 1. The molecular weight excluding hydrogens is 441 g/mol. The van der Waals surface area contributed by atoms with E-state index in [0.717, 1.165) is 62.8 Å². The van der Waals surface area contributed by atoms with E-state index in [1.54, 1.807) is 12.1 Å². The Bertz CT molecular complexity index is 1010. The zero-order valence-electron chi connectivity index (χ0n) is 20.0. The number of fused-ring (bicyclic) bond motifs is 1. The van der Waals surface area contributed by atoms with Crippen LogP contribution in [0.25, 0.3) is 10.9 Å². The van der Waals surface area contributed by atoms with Gasteiger partial charge in [0.2, 0.25) is 0 Å². The van der Waals surface area contributed by atoms with Gasteiger partial charge in [0.15, 0.2) is 0 Å². The quantitative estimate of drug-likeness (QED) is 0.598.